The molecule has 1 aliphatic carbocycles. The molecule has 2 fully saturated rings. The minimum atomic E-state index is -0.844. The van der Waals surface area contributed by atoms with Crippen LogP contribution in [0.4, 0.5) is 10.5 Å². The maximum atomic E-state index is 12.7. The van der Waals surface area contributed by atoms with Crippen molar-refractivity contribution in [2.45, 2.75) is 57.5 Å². The van der Waals surface area contributed by atoms with Crippen LogP contribution in [0.25, 0.3) is 0 Å². The SMILES string of the molecule is CCc1ccc(NC(=O)C(C)N2C(=O)NC3(CCCC3)C2=O)cc1. The van der Waals surface area contributed by atoms with Gasteiger partial charge in [-0.3, -0.25) is 9.59 Å². The van der Waals surface area contributed by atoms with Crippen LogP contribution < -0.4 is 10.6 Å². The molecule has 0 bridgehead atoms. The number of nitrogens with zero attached hydrogens (tertiary/aromatic N) is 1. The summed E-state index contributed by atoms with van der Waals surface area (Å²) < 4.78 is 0. The number of anilines is 1. The lowest BCUT2D eigenvalue weighted by atomic mass is 9.97. The quantitative estimate of drug-likeness (QED) is 0.833. The van der Waals surface area contributed by atoms with Gasteiger partial charge in [-0.25, -0.2) is 9.69 Å². The lowest BCUT2D eigenvalue weighted by Gasteiger charge is -2.23. The van der Waals surface area contributed by atoms with Gasteiger partial charge in [-0.1, -0.05) is 31.9 Å². The fourth-order valence-electron chi connectivity index (χ4n) is 3.50. The molecule has 0 radical (unpaired) electrons. The van der Waals surface area contributed by atoms with Gasteiger partial charge in [0.25, 0.3) is 5.91 Å². The molecule has 1 aliphatic heterocycles. The normalized spacial score (nSPS) is 20.3. The minimum Gasteiger partial charge on any atom is -0.324 e. The van der Waals surface area contributed by atoms with Crippen molar-refractivity contribution in [3.63, 3.8) is 0 Å². The van der Waals surface area contributed by atoms with Crippen molar-refractivity contribution in [2.24, 2.45) is 0 Å². The summed E-state index contributed by atoms with van der Waals surface area (Å²) >= 11 is 0. The highest BCUT2D eigenvalue weighted by Crippen LogP contribution is 2.35. The fourth-order valence-corrected chi connectivity index (χ4v) is 3.50. The molecule has 1 aromatic carbocycles. The first-order valence-electron chi connectivity index (χ1n) is 8.52. The summed E-state index contributed by atoms with van der Waals surface area (Å²) in [5.41, 5.74) is 1.05. The van der Waals surface area contributed by atoms with E-state index in [9.17, 15) is 14.4 Å². The topological polar surface area (TPSA) is 78.5 Å². The molecule has 24 heavy (non-hydrogen) atoms. The Labute approximate surface area is 141 Å². The third-order valence-electron chi connectivity index (χ3n) is 5.05. The Hall–Kier alpha value is -2.37. The summed E-state index contributed by atoms with van der Waals surface area (Å²) in [5, 5.41) is 5.58. The van der Waals surface area contributed by atoms with Crippen molar-refractivity contribution >= 4 is 23.5 Å². The molecule has 2 N–H and O–H groups in total. The van der Waals surface area contributed by atoms with Crippen molar-refractivity contribution < 1.29 is 14.4 Å². The fraction of sp³-hybridized carbons (Fsp3) is 0.500. The Morgan fingerprint density at radius 1 is 1.25 bits per heavy atom. The summed E-state index contributed by atoms with van der Waals surface area (Å²) in [6.07, 6.45) is 4.07. The summed E-state index contributed by atoms with van der Waals surface area (Å²) in [4.78, 5) is 38.5. The highest BCUT2D eigenvalue weighted by atomic mass is 16.2. The Morgan fingerprint density at radius 3 is 2.46 bits per heavy atom. The van der Waals surface area contributed by atoms with Gasteiger partial charge in [0.15, 0.2) is 0 Å². The summed E-state index contributed by atoms with van der Waals surface area (Å²) in [6.45, 7) is 3.65. The van der Waals surface area contributed by atoms with Gasteiger partial charge in [0, 0.05) is 5.69 Å². The monoisotopic (exact) mass is 329 g/mol. The zero-order valence-electron chi connectivity index (χ0n) is 14.1. The van der Waals surface area contributed by atoms with Gasteiger partial charge in [-0.15, -0.1) is 0 Å². The highest BCUT2D eigenvalue weighted by Gasteiger charge is 2.54. The predicted octanol–water partition coefficient (Wildman–Crippen LogP) is 2.44. The Balaban J connectivity index is 1.70. The van der Waals surface area contributed by atoms with Crippen LogP contribution in [-0.2, 0) is 16.0 Å². The number of imide groups is 1. The molecule has 1 atom stereocenters. The van der Waals surface area contributed by atoms with E-state index in [1.165, 1.54) is 5.56 Å². The van der Waals surface area contributed by atoms with E-state index in [2.05, 4.69) is 17.6 Å². The standard InChI is InChI=1S/C18H23N3O3/c1-3-13-6-8-14(9-7-13)19-15(22)12(2)21-16(23)18(20-17(21)24)10-4-5-11-18/h6-9,12H,3-5,10-11H2,1-2H3,(H,19,22)(H,20,24). The van der Waals surface area contributed by atoms with Crippen LogP contribution in [0.2, 0.25) is 0 Å². The average Bonchev–Trinajstić information content (AvgIpc) is 3.13. The molecule has 2 aliphatic rings. The molecule has 1 saturated carbocycles. The van der Waals surface area contributed by atoms with Gasteiger partial charge in [0.05, 0.1) is 0 Å². The predicted molar refractivity (Wildman–Crippen MR) is 90.5 cm³/mol. The Kier molecular flexibility index (Phi) is 4.30. The van der Waals surface area contributed by atoms with Crippen LogP contribution in [0.15, 0.2) is 24.3 Å². The zero-order chi connectivity index (χ0) is 17.3. The van der Waals surface area contributed by atoms with Gasteiger partial charge in [0.2, 0.25) is 5.91 Å². The van der Waals surface area contributed by atoms with E-state index >= 15 is 0 Å². The maximum absolute atomic E-state index is 12.7. The highest BCUT2D eigenvalue weighted by molar-refractivity contribution is 6.11. The van der Waals surface area contributed by atoms with E-state index < -0.39 is 17.6 Å². The first kappa shape index (κ1) is 16.5. The lowest BCUT2D eigenvalue weighted by Crippen LogP contribution is -2.48. The van der Waals surface area contributed by atoms with Crippen LogP contribution in [-0.4, -0.2) is 34.3 Å². The molecule has 6 nitrogen and oxygen atoms in total. The van der Waals surface area contributed by atoms with Crippen LogP contribution in [0, 0.1) is 0 Å². The zero-order valence-corrected chi connectivity index (χ0v) is 14.1. The van der Waals surface area contributed by atoms with E-state index in [4.69, 9.17) is 0 Å². The summed E-state index contributed by atoms with van der Waals surface area (Å²) in [6, 6.07) is 6.24. The van der Waals surface area contributed by atoms with Crippen LogP contribution in [0.1, 0.15) is 45.1 Å². The molecular formula is C18H23N3O3. The smallest absolute Gasteiger partial charge is 0.324 e. The Bertz CT molecular complexity index is 663. The number of benzene rings is 1. The minimum absolute atomic E-state index is 0.269. The number of aryl methyl sites for hydroxylation is 1. The van der Waals surface area contributed by atoms with E-state index in [-0.39, 0.29) is 11.8 Å². The van der Waals surface area contributed by atoms with E-state index in [0.29, 0.717) is 18.5 Å². The third kappa shape index (κ3) is 2.77. The van der Waals surface area contributed by atoms with Crippen LogP contribution >= 0.6 is 0 Å². The number of urea groups is 1. The molecule has 1 heterocycles. The molecule has 1 spiro atoms. The number of nitrogens with one attached hydrogen (secondary N) is 2. The third-order valence-corrected chi connectivity index (χ3v) is 5.05. The van der Waals surface area contributed by atoms with Gasteiger partial charge in [-0.05, 0) is 43.9 Å². The van der Waals surface area contributed by atoms with Crippen molar-refractivity contribution in [3.05, 3.63) is 29.8 Å². The second-order valence-electron chi connectivity index (χ2n) is 6.61. The number of rotatable bonds is 4. The van der Waals surface area contributed by atoms with Gasteiger partial charge in [0.1, 0.15) is 11.6 Å². The average molecular weight is 329 g/mol. The van der Waals surface area contributed by atoms with Crippen molar-refractivity contribution in [1.29, 1.82) is 0 Å². The number of carbonyl (C=O) groups excluding carboxylic acids is 3. The maximum Gasteiger partial charge on any atom is 0.325 e. The summed E-state index contributed by atoms with van der Waals surface area (Å²) in [5.74, 6) is -0.633. The number of hydrogen-bond donors (Lipinski definition) is 2. The molecule has 3 rings (SSSR count). The van der Waals surface area contributed by atoms with E-state index in [1.807, 2.05) is 24.3 Å². The molecule has 0 aromatic heterocycles. The second kappa shape index (κ2) is 6.26. The first-order chi connectivity index (χ1) is 11.5. The molecule has 1 unspecified atom stereocenters. The summed E-state index contributed by atoms with van der Waals surface area (Å²) in [7, 11) is 0. The first-order valence-corrected chi connectivity index (χ1v) is 8.52. The van der Waals surface area contributed by atoms with E-state index in [1.54, 1.807) is 6.92 Å². The van der Waals surface area contributed by atoms with Gasteiger partial charge < -0.3 is 10.6 Å². The second-order valence-corrected chi connectivity index (χ2v) is 6.61. The van der Waals surface area contributed by atoms with E-state index in [0.717, 1.165) is 24.2 Å². The number of hydrogen-bond acceptors (Lipinski definition) is 3. The molecule has 128 valence electrons. The molecule has 6 heteroatoms. The molecule has 1 aromatic rings. The van der Waals surface area contributed by atoms with Crippen LogP contribution in [0.3, 0.4) is 0 Å². The van der Waals surface area contributed by atoms with Gasteiger partial charge >= 0.3 is 6.03 Å². The number of carbonyl (C=O) groups is 3. The Morgan fingerprint density at radius 2 is 1.88 bits per heavy atom. The molecule has 4 amide bonds. The largest absolute Gasteiger partial charge is 0.325 e. The molecular weight excluding hydrogens is 306 g/mol. The van der Waals surface area contributed by atoms with Gasteiger partial charge in [-0.2, -0.15) is 0 Å². The number of amides is 4. The van der Waals surface area contributed by atoms with Crippen molar-refractivity contribution in [2.75, 3.05) is 5.32 Å². The van der Waals surface area contributed by atoms with Crippen molar-refractivity contribution in [1.82, 2.24) is 10.2 Å². The molecule has 1 saturated heterocycles. The van der Waals surface area contributed by atoms with Crippen LogP contribution in [0.5, 0.6) is 0 Å². The van der Waals surface area contributed by atoms with Crippen molar-refractivity contribution in [3.8, 4) is 0 Å². The lowest BCUT2D eigenvalue weighted by molar-refractivity contribution is -0.136.